The Hall–Kier alpha value is -1.06. The first-order valence-corrected chi connectivity index (χ1v) is 4.60. The number of benzene rings is 1. The Morgan fingerprint density at radius 1 is 1.29 bits per heavy atom. The van der Waals surface area contributed by atoms with Crippen molar-refractivity contribution in [3.63, 3.8) is 0 Å². The molecule has 78 valence electrons. The van der Waals surface area contributed by atoms with E-state index in [9.17, 15) is 5.11 Å². The zero-order chi connectivity index (χ0) is 10.6. The molecule has 1 aromatic rings. The fourth-order valence-corrected chi connectivity index (χ4v) is 1.28. The number of ether oxygens (including phenoxy) is 1. The second-order valence-electron chi connectivity index (χ2n) is 3.55. The van der Waals surface area contributed by atoms with Crippen molar-refractivity contribution < 1.29 is 9.84 Å². The molecule has 0 saturated heterocycles. The molecule has 0 saturated carbocycles. The maximum Gasteiger partial charge on any atom is 0.118 e. The van der Waals surface area contributed by atoms with Crippen LogP contribution in [-0.4, -0.2) is 37.8 Å². The van der Waals surface area contributed by atoms with Crippen LogP contribution in [0, 0.1) is 0 Å². The van der Waals surface area contributed by atoms with Gasteiger partial charge in [0, 0.05) is 6.54 Å². The topological polar surface area (TPSA) is 32.7 Å². The van der Waals surface area contributed by atoms with Crippen LogP contribution in [0.1, 0.15) is 11.7 Å². The molecule has 1 rings (SSSR count). The van der Waals surface area contributed by atoms with Gasteiger partial charge in [0.25, 0.3) is 0 Å². The molecule has 1 N–H and O–H groups in total. The first-order valence-electron chi connectivity index (χ1n) is 4.60. The Balaban J connectivity index is 2.66. The van der Waals surface area contributed by atoms with Gasteiger partial charge in [0.15, 0.2) is 0 Å². The zero-order valence-corrected chi connectivity index (χ0v) is 8.90. The summed E-state index contributed by atoms with van der Waals surface area (Å²) in [6, 6.07) is 7.47. The molecular weight excluding hydrogens is 178 g/mol. The van der Waals surface area contributed by atoms with Gasteiger partial charge in [-0.15, -0.1) is 0 Å². The molecule has 0 aliphatic heterocycles. The van der Waals surface area contributed by atoms with E-state index < -0.39 is 6.10 Å². The molecule has 14 heavy (non-hydrogen) atoms. The summed E-state index contributed by atoms with van der Waals surface area (Å²) in [7, 11) is 5.50. The minimum atomic E-state index is -0.434. The highest BCUT2D eigenvalue weighted by Gasteiger charge is 2.07. The lowest BCUT2D eigenvalue weighted by Crippen LogP contribution is -2.19. The molecule has 3 heteroatoms. The predicted octanol–water partition coefficient (Wildman–Crippen LogP) is 1.29. The summed E-state index contributed by atoms with van der Waals surface area (Å²) in [5, 5.41) is 9.77. The van der Waals surface area contributed by atoms with Gasteiger partial charge < -0.3 is 14.7 Å². The highest BCUT2D eigenvalue weighted by atomic mass is 16.5. The second-order valence-corrected chi connectivity index (χ2v) is 3.55. The number of likely N-dealkylation sites (N-methyl/N-ethyl adjacent to an activating group) is 1. The summed E-state index contributed by atoms with van der Waals surface area (Å²) in [6.45, 7) is 0.631. The van der Waals surface area contributed by atoms with Crippen molar-refractivity contribution in [3.8, 4) is 5.75 Å². The number of methoxy groups -OCH3 is 1. The Morgan fingerprint density at radius 2 is 1.86 bits per heavy atom. The average Bonchev–Trinajstić information content (AvgIpc) is 2.17. The quantitative estimate of drug-likeness (QED) is 0.785. The lowest BCUT2D eigenvalue weighted by molar-refractivity contribution is 0.138. The minimum Gasteiger partial charge on any atom is -0.497 e. The van der Waals surface area contributed by atoms with Crippen molar-refractivity contribution in [2.45, 2.75) is 6.10 Å². The number of aliphatic hydroxyl groups is 1. The lowest BCUT2D eigenvalue weighted by atomic mass is 10.1. The molecular formula is C11H17NO2. The standard InChI is InChI=1S/C11H17NO2/c1-12(2)8-11(13)9-4-6-10(14-3)7-5-9/h4-7,11,13H,8H2,1-3H3/t11-/m0/s1. The summed E-state index contributed by atoms with van der Waals surface area (Å²) in [5.41, 5.74) is 0.916. The van der Waals surface area contributed by atoms with Gasteiger partial charge in [-0.25, -0.2) is 0 Å². The molecule has 0 amide bonds. The molecule has 3 nitrogen and oxygen atoms in total. The van der Waals surface area contributed by atoms with E-state index in [1.807, 2.05) is 43.3 Å². The van der Waals surface area contributed by atoms with E-state index in [2.05, 4.69) is 0 Å². The van der Waals surface area contributed by atoms with Crippen LogP contribution in [0.15, 0.2) is 24.3 Å². The highest BCUT2D eigenvalue weighted by molar-refractivity contribution is 5.28. The zero-order valence-electron chi connectivity index (χ0n) is 8.90. The molecule has 1 aromatic carbocycles. The van der Waals surface area contributed by atoms with Gasteiger partial charge in [0.05, 0.1) is 13.2 Å². The van der Waals surface area contributed by atoms with Crippen molar-refractivity contribution in [1.82, 2.24) is 4.90 Å². The molecule has 0 aromatic heterocycles. The van der Waals surface area contributed by atoms with Crippen LogP contribution < -0.4 is 4.74 Å². The van der Waals surface area contributed by atoms with Gasteiger partial charge in [-0.3, -0.25) is 0 Å². The smallest absolute Gasteiger partial charge is 0.118 e. The van der Waals surface area contributed by atoms with E-state index in [0.717, 1.165) is 11.3 Å². The summed E-state index contributed by atoms with van der Waals surface area (Å²) in [5.74, 6) is 0.811. The highest BCUT2D eigenvalue weighted by Crippen LogP contribution is 2.17. The molecule has 0 bridgehead atoms. The fourth-order valence-electron chi connectivity index (χ4n) is 1.28. The molecule has 0 fully saturated rings. The van der Waals surface area contributed by atoms with Gasteiger partial charge in [-0.1, -0.05) is 12.1 Å². The predicted molar refractivity (Wildman–Crippen MR) is 56.5 cm³/mol. The van der Waals surface area contributed by atoms with Crippen molar-refractivity contribution in [2.24, 2.45) is 0 Å². The van der Waals surface area contributed by atoms with E-state index in [1.54, 1.807) is 7.11 Å². The number of hydrogen-bond acceptors (Lipinski definition) is 3. The first-order chi connectivity index (χ1) is 6.63. The Labute approximate surface area is 84.9 Å². The molecule has 0 heterocycles. The second kappa shape index (κ2) is 4.98. The summed E-state index contributed by atoms with van der Waals surface area (Å²) < 4.78 is 5.04. The Bertz CT molecular complexity index is 269. The van der Waals surface area contributed by atoms with Crippen molar-refractivity contribution in [1.29, 1.82) is 0 Å². The van der Waals surface area contributed by atoms with Gasteiger partial charge >= 0.3 is 0 Å². The number of hydrogen-bond donors (Lipinski definition) is 1. The van der Waals surface area contributed by atoms with Crippen LogP contribution in [0.2, 0.25) is 0 Å². The van der Waals surface area contributed by atoms with Gasteiger partial charge in [-0.05, 0) is 31.8 Å². The molecule has 1 atom stereocenters. The Kier molecular flexibility index (Phi) is 3.92. The minimum absolute atomic E-state index is 0.434. The van der Waals surface area contributed by atoms with E-state index in [4.69, 9.17) is 4.74 Å². The van der Waals surface area contributed by atoms with Crippen LogP contribution in [0.5, 0.6) is 5.75 Å². The molecule has 0 aliphatic rings. The van der Waals surface area contributed by atoms with Crippen molar-refractivity contribution >= 4 is 0 Å². The number of aliphatic hydroxyl groups excluding tert-OH is 1. The van der Waals surface area contributed by atoms with Gasteiger partial charge in [0.2, 0.25) is 0 Å². The van der Waals surface area contributed by atoms with Crippen LogP contribution in [0.25, 0.3) is 0 Å². The number of nitrogens with zero attached hydrogens (tertiary/aromatic N) is 1. The summed E-state index contributed by atoms with van der Waals surface area (Å²) in [6.07, 6.45) is -0.434. The van der Waals surface area contributed by atoms with Gasteiger partial charge in [0.1, 0.15) is 5.75 Å². The van der Waals surface area contributed by atoms with Crippen molar-refractivity contribution in [3.05, 3.63) is 29.8 Å². The van der Waals surface area contributed by atoms with Crippen molar-refractivity contribution in [2.75, 3.05) is 27.7 Å². The maximum absolute atomic E-state index is 9.77. The molecule has 0 unspecified atom stereocenters. The normalized spacial score (nSPS) is 12.9. The van der Waals surface area contributed by atoms with E-state index in [0.29, 0.717) is 6.54 Å². The summed E-state index contributed by atoms with van der Waals surface area (Å²) >= 11 is 0. The van der Waals surface area contributed by atoms with E-state index in [-0.39, 0.29) is 0 Å². The largest absolute Gasteiger partial charge is 0.497 e. The van der Waals surface area contributed by atoms with Crippen LogP contribution >= 0.6 is 0 Å². The third-order valence-corrected chi connectivity index (χ3v) is 2.04. The van der Waals surface area contributed by atoms with Crippen LogP contribution in [0.4, 0.5) is 0 Å². The first kappa shape index (κ1) is 11.0. The monoisotopic (exact) mass is 195 g/mol. The number of rotatable bonds is 4. The third-order valence-electron chi connectivity index (χ3n) is 2.04. The average molecular weight is 195 g/mol. The van der Waals surface area contributed by atoms with E-state index >= 15 is 0 Å². The maximum atomic E-state index is 9.77. The van der Waals surface area contributed by atoms with Gasteiger partial charge in [-0.2, -0.15) is 0 Å². The van der Waals surface area contributed by atoms with E-state index in [1.165, 1.54) is 0 Å². The van der Waals surface area contributed by atoms with Crippen LogP contribution in [0.3, 0.4) is 0 Å². The lowest BCUT2D eigenvalue weighted by Gasteiger charge is -2.16. The molecule has 0 aliphatic carbocycles. The summed E-state index contributed by atoms with van der Waals surface area (Å²) in [4.78, 5) is 1.95. The van der Waals surface area contributed by atoms with Crippen LogP contribution in [-0.2, 0) is 0 Å². The molecule has 0 radical (unpaired) electrons. The Morgan fingerprint density at radius 3 is 2.29 bits per heavy atom. The SMILES string of the molecule is COc1ccc([C@@H](O)CN(C)C)cc1. The fraction of sp³-hybridized carbons (Fsp3) is 0.455. The third kappa shape index (κ3) is 3.01. The molecule has 0 spiro atoms.